The number of benzene rings is 3. The van der Waals surface area contributed by atoms with E-state index in [0.29, 0.717) is 27.8 Å². The summed E-state index contributed by atoms with van der Waals surface area (Å²) < 4.78 is 1.66. The van der Waals surface area contributed by atoms with Gasteiger partial charge in [-0.15, -0.1) is 0 Å². The Labute approximate surface area is 202 Å². The van der Waals surface area contributed by atoms with Crippen LogP contribution in [0.15, 0.2) is 66.7 Å². The molecule has 1 heterocycles. The number of nitrogens with one attached hydrogen (secondary N) is 2. The van der Waals surface area contributed by atoms with E-state index in [9.17, 15) is 14.7 Å². The maximum absolute atomic E-state index is 12.7. The van der Waals surface area contributed by atoms with Gasteiger partial charge in [0.05, 0.1) is 17.8 Å². The number of hydrogen-bond donors (Lipinski definition) is 3. The van der Waals surface area contributed by atoms with E-state index in [4.69, 9.17) is 16.7 Å². The quantitative estimate of drug-likeness (QED) is 0.278. The summed E-state index contributed by atoms with van der Waals surface area (Å²) >= 11 is 5.92. The number of urea groups is 1. The smallest absolute Gasteiger partial charge is 0.324 e. The standard InChI is InChI=1S/C26H25ClN4O3/c1-2-3-7-21-16-24(29-26(34)28-20-11-9-19(27)10-12-20)31(30-21)22-13-17-6-4-5-8-23(17)18(14-22)15-25(32)33/h4-6,8-14,16H,2-3,7,15H2,1H3,(H,32,33)(H2,28,29,34). The van der Waals surface area contributed by atoms with Crippen LogP contribution in [0.3, 0.4) is 0 Å². The molecule has 34 heavy (non-hydrogen) atoms. The highest BCUT2D eigenvalue weighted by Crippen LogP contribution is 2.27. The molecule has 0 radical (unpaired) electrons. The molecule has 0 aliphatic rings. The second kappa shape index (κ2) is 10.4. The predicted octanol–water partition coefficient (Wildman–Crippen LogP) is 6.29. The number of aromatic nitrogens is 2. The van der Waals surface area contributed by atoms with Crippen LogP contribution in [-0.2, 0) is 17.6 Å². The van der Waals surface area contributed by atoms with Crippen molar-refractivity contribution in [2.45, 2.75) is 32.6 Å². The van der Waals surface area contributed by atoms with Crippen LogP contribution in [0.5, 0.6) is 0 Å². The maximum atomic E-state index is 12.7. The zero-order valence-corrected chi connectivity index (χ0v) is 19.5. The number of amides is 2. The van der Waals surface area contributed by atoms with Crippen LogP contribution in [0.1, 0.15) is 31.0 Å². The van der Waals surface area contributed by atoms with E-state index in [0.717, 1.165) is 35.7 Å². The van der Waals surface area contributed by atoms with Gasteiger partial charge in [0, 0.05) is 16.8 Å². The normalized spacial score (nSPS) is 10.9. The SMILES string of the molecule is CCCCc1cc(NC(=O)Nc2ccc(Cl)cc2)n(-c2cc(CC(=O)O)c3ccccc3c2)n1. The van der Waals surface area contributed by atoms with Gasteiger partial charge in [-0.1, -0.05) is 49.2 Å². The molecule has 0 atom stereocenters. The second-order valence-corrected chi connectivity index (χ2v) is 8.46. The first-order chi connectivity index (χ1) is 16.4. The lowest BCUT2D eigenvalue weighted by Crippen LogP contribution is -2.21. The Kier molecular flexibility index (Phi) is 7.13. The first kappa shape index (κ1) is 23.3. The van der Waals surface area contributed by atoms with Crippen LogP contribution in [0.25, 0.3) is 16.5 Å². The van der Waals surface area contributed by atoms with Crippen molar-refractivity contribution in [1.29, 1.82) is 0 Å². The summed E-state index contributed by atoms with van der Waals surface area (Å²) in [6.07, 6.45) is 2.64. The van der Waals surface area contributed by atoms with E-state index in [1.807, 2.05) is 42.5 Å². The fraction of sp³-hybridized carbons (Fsp3) is 0.192. The van der Waals surface area contributed by atoms with Crippen LogP contribution >= 0.6 is 11.6 Å². The molecular formula is C26H25ClN4O3. The van der Waals surface area contributed by atoms with E-state index >= 15 is 0 Å². The zero-order valence-electron chi connectivity index (χ0n) is 18.7. The highest BCUT2D eigenvalue weighted by Gasteiger charge is 2.15. The van der Waals surface area contributed by atoms with Crippen molar-refractivity contribution in [1.82, 2.24) is 9.78 Å². The molecule has 0 unspecified atom stereocenters. The van der Waals surface area contributed by atoms with Gasteiger partial charge in [-0.25, -0.2) is 9.48 Å². The lowest BCUT2D eigenvalue weighted by molar-refractivity contribution is -0.136. The first-order valence-corrected chi connectivity index (χ1v) is 11.5. The number of aryl methyl sites for hydroxylation is 1. The van der Waals surface area contributed by atoms with E-state index in [1.54, 1.807) is 28.9 Å². The molecule has 0 bridgehead atoms. The fourth-order valence-corrected chi connectivity index (χ4v) is 3.94. The molecule has 7 nitrogen and oxygen atoms in total. The van der Waals surface area contributed by atoms with Crippen LogP contribution in [-0.4, -0.2) is 26.9 Å². The Balaban J connectivity index is 1.71. The van der Waals surface area contributed by atoms with Gasteiger partial charge < -0.3 is 10.4 Å². The summed E-state index contributed by atoms with van der Waals surface area (Å²) in [7, 11) is 0. The van der Waals surface area contributed by atoms with Crippen LogP contribution in [0, 0.1) is 0 Å². The molecule has 174 valence electrons. The van der Waals surface area contributed by atoms with Crippen LogP contribution < -0.4 is 10.6 Å². The lowest BCUT2D eigenvalue weighted by Gasteiger charge is -2.13. The Morgan fingerprint density at radius 1 is 1.03 bits per heavy atom. The lowest BCUT2D eigenvalue weighted by atomic mass is 10.0. The molecule has 3 N–H and O–H groups in total. The summed E-state index contributed by atoms with van der Waals surface area (Å²) in [5.41, 5.74) is 2.81. The third-order valence-electron chi connectivity index (χ3n) is 5.41. The van der Waals surface area contributed by atoms with Crippen molar-refractivity contribution in [2.75, 3.05) is 10.6 Å². The minimum absolute atomic E-state index is 0.113. The van der Waals surface area contributed by atoms with Crippen molar-refractivity contribution in [3.05, 3.63) is 83.0 Å². The second-order valence-electron chi connectivity index (χ2n) is 8.02. The maximum Gasteiger partial charge on any atom is 0.324 e. The third-order valence-corrected chi connectivity index (χ3v) is 5.66. The number of unbranched alkanes of at least 4 members (excludes halogenated alkanes) is 1. The number of rotatable bonds is 8. The molecule has 0 spiro atoms. The van der Waals surface area contributed by atoms with Crippen molar-refractivity contribution >= 4 is 45.9 Å². The number of nitrogens with zero attached hydrogens (tertiary/aromatic N) is 2. The number of carboxylic acid groups (broad SMARTS) is 1. The fourth-order valence-electron chi connectivity index (χ4n) is 3.81. The number of aliphatic carboxylic acids is 1. The molecule has 0 saturated heterocycles. The summed E-state index contributed by atoms with van der Waals surface area (Å²) in [5, 5.41) is 22.2. The van der Waals surface area contributed by atoms with E-state index < -0.39 is 12.0 Å². The molecular weight excluding hydrogens is 452 g/mol. The Morgan fingerprint density at radius 2 is 1.79 bits per heavy atom. The van der Waals surface area contributed by atoms with Gasteiger partial charge in [0.15, 0.2) is 0 Å². The van der Waals surface area contributed by atoms with Crippen molar-refractivity contribution in [3.8, 4) is 5.69 Å². The molecule has 4 rings (SSSR count). The summed E-state index contributed by atoms with van der Waals surface area (Å²) in [5.74, 6) is -0.416. The number of carbonyl (C=O) groups is 2. The molecule has 0 fully saturated rings. The average Bonchev–Trinajstić information content (AvgIpc) is 3.21. The van der Waals surface area contributed by atoms with Gasteiger partial charge in [0.1, 0.15) is 5.82 Å². The monoisotopic (exact) mass is 476 g/mol. The number of hydrogen-bond acceptors (Lipinski definition) is 3. The summed E-state index contributed by atoms with van der Waals surface area (Å²) in [4.78, 5) is 24.2. The number of fused-ring (bicyclic) bond motifs is 1. The molecule has 1 aromatic heterocycles. The van der Waals surface area contributed by atoms with Crippen molar-refractivity contribution < 1.29 is 14.7 Å². The van der Waals surface area contributed by atoms with E-state index in [2.05, 4.69) is 17.6 Å². The van der Waals surface area contributed by atoms with E-state index in [1.165, 1.54) is 0 Å². The van der Waals surface area contributed by atoms with Gasteiger partial charge in [-0.3, -0.25) is 10.1 Å². The third kappa shape index (κ3) is 5.55. The number of anilines is 2. The molecule has 2 amide bonds. The van der Waals surface area contributed by atoms with Gasteiger partial charge in [-0.2, -0.15) is 5.10 Å². The van der Waals surface area contributed by atoms with Gasteiger partial charge >= 0.3 is 12.0 Å². The van der Waals surface area contributed by atoms with E-state index in [-0.39, 0.29) is 6.42 Å². The molecule has 4 aromatic rings. The topological polar surface area (TPSA) is 96.2 Å². The zero-order chi connectivity index (χ0) is 24.1. The minimum atomic E-state index is -0.910. The van der Waals surface area contributed by atoms with Gasteiger partial charge in [-0.05, 0) is 65.6 Å². The molecule has 3 aromatic carbocycles. The Morgan fingerprint density at radius 3 is 2.53 bits per heavy atom. The molecule has 0 saturated carbocycles. The number of halogens is 1. The number of carbonyl (C=O) groups excluding carboxylic acids is 1. The Hall–Kier alpha value is -3.84. The molecule has 0 aliphatic carbocycles. The van der Waals surface area contributed by atoms with Crippen molar-refractivity contribution in [3.63, 3.8) is 0 Å². The highest BCUT2D eigenvalue weighted by molar-refractivity contribution is 6.30. The number of carboxylic acids is 1. The highest BCUT2D eigenvalue weighted by atomic mass is 35.5. The van der Waals surface area contributed by atoms with Gasteiger partial charge in [0.2, 0.25) is 0 Å². The molecule has 0 aliphatic heterocycles. The Bertz CT molecular complexity index is 1330. The molecule has 8 heteroatoms. The van der Waals surface area contributed by atoms with Crippen molar-refractivity contribution in [2.24, 2.45) is 0 Å². The first-order valence-electron chi connectivity index (χ1n) is 11.1. The van der Waals surface area contributed by atoms with Crippen LogP contribution in [0.2, 0.25) is 5.02 Å². The van der Waals surface area contributed by atoms with Crippen LogP contribution in [0.4, 0.5) is 16.3 Å². The summed E-state index contributed by atoms with van der Waals surface area (Å²) in [6.45, 7) is 2.11. The predicted molar refractivity (Wildman–Crippen MR) is 135 cm³/mol. The largest absolute Gasteiger partial charge is 0.481 e. The summed E-state index contributed by atoms with van der Waals surface area (Å²) in [6, 6.07) is 19.7. The minimum Gasteiger partial charge on any atom is -0.481 e. The van der Waals surface area contributed by atoms with Gasteiger partial charge in [0.25, 0.3) is 0 Å². The average molecular weight is 477 g/mol.